The van der Waals surface area contributed by atoms with E-state index in [2.05, 4.69) is 20.1 Å². The van der Waals surface area contributed by atoms with E-state index in [0.717, 1.165) is 60.0 Å². The van der Waals surface area contributed by atoms with Gasteiger partial charge < -0.3 is 5.32 Å². The van der Waals surface area contributed by atoms with Crippen molar-refractivity contribution in [3.05, 3.63) is 103 Å². The van der Waals surface area contributed by atoms with Gasteiger partial charge in [0.05, 0.1) is 57.2 Å². The Morgan fingerprint density at radius 1 is 0.917 bits per heavy atom. The average Bonchev–Trinajstić information content (AvgIpc) is 4.18. The number of pyridine rings is 1. The van der Waals surface area contributed by atoms with Gasteiger partial charge in [-0.3, -0.25) is 33.1 Å². The van der Waals surface area contributed by atoms with Gasteiger partial charge in [-0.05, 0) is 98.7 Å². The minimum Gasteiger partial charge on any atom is -0.344 e. The van der Waals surface area contributed by atoms with Crippen LogP contribution in [0.1, 0.15) is 109 Å². The molecule has 0 radical (unpaired) electrons. The highest BCUT2D eigenvalue weighted by Crippen LogP contribution is 2.60. The number of aryl methyl sites for hydroxylation is 1. The van der Waals surface area contributed by atoms with Crippen molar-refractivity contribution in [2.45, 2.75) is 126 Å². The number of fused-ring (bicyclic) bond motifs is 5. The molecular weight excluding hydrogens is 993 g/mol. The van der Waals surface area contributed by atoms with Crippen LogP contribution in [0.25, 0.3) is 27.6 Å². The van der Waals surface area contributed by atoms with Gasteiger partial charge in [-0.15, -0.1) is 0 Å². The monoisotopic (exact) mass is 1040 g/mol. The molecule has 14 nitrogen and oxygen atoms in total. The molecule has 0 spiro atoms. The Balaban J connectivity index is 1.11. The fraction of sp³-hybridized carbons (Fsp3) is 0.510. The predicted molar refractivity (Wildman–Crippen MR) is 253 cm³/mol. The quantitative estimate of drug-likeness (QED) is 0.102. The molecular formula is C49H50ClF7N10O4S. The van der Waals surface area contributed by atoms with Crippen LogP contribution in [0.3, 0.4) is 0 Å². The Bertz CT molecular complexity index is 3340. The van der Waals surface area contributed by atoms with E-state index < -0.39 is 95.2 Å². The number of piperidine rings is 1. The standard InChI is InChI=1S/C49H50ClF7N10O4S/c1-24-13-37(48(55)7-9-49(56,57)10-8-48)59-44-39(24)47(69)67(35-6-5-33(50)41-43(35)65(62-45(41)63-72(2,70)71)12-11-64-21-30(53)20-31(54)22-64)46(60-44)34(16-25-14-28(51)19-29(52)15-25)58-38(68)23-66-36-18-27-17-32(27)40(36)42(61-66)26-3-4-26/h5-6,13-15,19,26-27,30-32,34H,3-4,7-12,16-18,20-23H2,1-2H3,(H,58,68)(H,62,63)/t27-,30-,31+,32-,34-/m0/s1. The second kappa shape index (κ2) is 17.8. The van der Waals surface area contributed by atoms with Crippen molar-refractivity contribution in [3.8, 4) is 5.69 Å². The largest absolute Gasteiger partial charge is 0.344 e. The van der Waals surface area contributed by atoms with E-state index in [1.54, 1.807) is 9.58 Å². The lowest BCUT2D eigenvalue weighted by atomic mass is 9.81. The summed E-state index contributed by atoms with van der Waals surface area (Å²) in [4.78, 5) is 41.2. The van der Waals surface area contributed by atoms with E-state index in [1.165, 1.54) is 35.4 Å². The van der Waals surface area contributed by atoms with Gasteiger partial charge in [-0.25, -0.2) is 49.1 Å². The van der Waals surface area contributed by atoms with Crippen LogP contribution in [-0.4, -0.2) is 97.5 Å². The highest BCUT2D eigenvalue weighted by atomic mass is 35.5. The number of sulfonamides is 1. The van der Waals surface area contributed by atoms with E-state index in [1.807, 2.05) is 0 Å². The molecule has 6 aromatic rings. The third kappa shape index (κ3) is 9.35. The van der Waals surface area contributed by atoms with E-state index >= 15 is 18.0 Å². The van der Waals surface area contributed by atoms with E-state index in [4.69, 9.17) is 21.7 Å². The first-order valence-corrected chi connectivity index (χ1v) is 26.4. The molecule has 2 N–H and O–H groups in total. The van der Waals surface area contributed by atoms with Crippen molar-refractivity contribution in [2.24, 2.45) is 5.92 Å². The van der Waals surface area contributed by atoms with Gasteiger partial charge >= 0.3 is 0 Å². The molecule has 23 heteroatoms. The summed E-state index contributed by atoms with van der Waals surface area (Å²) in [6, 6.07) is 5.44. The summed E-state index contributed by atoms with van der Waals surface area (Å²) in [7, 11) is -4.05. The minimum absolute atomic E-state index is 0.00595. The molecule has 1 saturated heterocycles. The number of carbonyl (C=O) groups is 1. The number of nitrogens with zero attached hydrogens (tertiary/aromatic N) is 8. The highest BCUT2D eigenvalue weighted by molar-refractivity contribution is 7.92. The molecule has 4 aromatic heterocycles. The van der Waals surface area contributed by atoms with Crippen LogP contribution >= 0.6 is 11.6 Å². The lowest BCUT2D eigenvalue weighted by molar-refractivity contribution is -0.122. The van der Waals surface area contributed by atoms with E-state index in [9.17, 15) is 30.8 Å². The zero-order valence-electron chi connectivity index (χ0n) is 39.2. The van der Waals surface area contributed by atoms with Gasteiger partial charge in [0, 0.05) is 68.6 Å². The Hall–Kier alpha value is -5.61. The summed E-state index contributed by atoms with van der Waals surface area (Å²) >= 11 is 6.87. The summed E-state index contributed by atoms with van der Waals surface area (Å²) in [6.07, 6.45) is -1.53. The SMILES string of the molecule is Cc1cc(C2(F)CCC(F)(F)CC2)nc2nc([C@H](Cc3cc(F)cc(F)c3)NC(=O)Cn3nc(C4CC4)c4c3C[C@@H]3C[C@H]43)n(-c3ccc(Cl)c4c(NS(C)(=O)=O)nn(CCN5C[C@H](F)C[C@H](F)C5)c34)c(=O)c12. The van der Waals surface area contributed by atoms with E-state index in [0.29, 0.717) is 23.8 Å². The number of likely N-dealkylation sites (tertiary alicyclic amines) is 1. The van der Waals surface area contributed by atoms with Crippen LogP contribution in [0.4, 0.5) is 36.6 Å². The zero-order chi connectivity index (χ0) is 50.8. The second-order valence-electron chi connectivity index (χ2n) is 20.5. The van der Waals surface area contributed by atoms with Gasteiger partial charge in [0.2, 0.25) is 21.9 Å². The number of rotatable bonds is 14. The maximum atomic E-state index is 16.8. The maximum absolute atomic E-state index is 16.8. The second-order valence-corrected chi connectivity index (χ2v) is 22.6. The van der Waals surface area contributed by atoms with Crippen molar-refractivity contribution >= 4 is 55.3 Å². The van der Waals surface area contributed by atoms with Crippen LogP contribution in [0.5, 0.6) is 0 Å². The molecule has 4 aliphatic carbocycles. The van der Waals surface area contributed by atoms with Gasteiger partial charge in [0.1, 0.15) is 36.3 Å². The minimum atomic E-state index is -4.05. The number of anilines is 1. The van der Waals surface area contributed by atoms with Crippen LogP contribution in [-0.2, 0) is 46.4 Å². The summed E-state index contributed by atoms with van der Waals surface area (Å²) < 4.78 is 137. The molecule has 3 saturated carbocycles. The van der Waals surface area contributed by atoms with Crippen molar-refractivity contribution in [2.75, 3.05) is 30.6 Å². The van der Waals surface area contributed by atoms with Crippen molar-refractivity contribution in [3.63, 3.8) is 0 Å². The van der Waals surface area contributed by atoms with Gasteiger partial charge in [-0.1, -0.05) is 11.6 Å². The summed E-state index contributed by atoms with van der Waals surface area (Å²) in [5.74, 6) is -4.94. The molecule has 1 aliphatic heterocycles. The van der Waals surface area contributed by atoms with E-state index in [-0.39, 0.29) is 100 Å². The molecule has 72 heavy (non-hydrogen) atoms. The fourth-order valence-corrected chi connectivity index (χ4v) is 12.0. The number of halogens is 8. The molecule has 0 unspecified atom stereocenters. The number of amides is 1. The van der Waals surface area contributed by atoms with Gasteiger partial charge in [0.15, 0.2) is 17.1 Å². The Labute approximate surface area is 413 Å². The topological polar surface area (TPSA) is 162 Å². The molecule has 5 heterocycles. The molecule has 0 bridgehead atoms. The third-order valence-electron chi connectivity index (χ3n) is 14.8. The normalized spacial score (nSPS) is 23.0. The summed E-state index contributed by atoms with van der Waals surface area (Å²) in [5, 5.41) is 12.3. The maximum Gasteiger partial charge on any atom is 0.268 e. The van der Waals surface area contributed by atoms with Gasteiger partial charge in [-0.2, -0.15) is 10.2 Å². The molecule has 1 amide bonds. The first-order valence-electron chi connectivity index (χ1n) is 24.1. The number of hydrogen-bond donors (Lipinski definition) is 2. The van der Waals surface area contributed by atoms with Crippen molar-refractivity contribution in [1.29, 1.82) is 0 Å². The highest BCUT2D eigenvalue weighted by Gasteiger charge is 2.51. The van der Waals surface area contributed by atoms with Crippen molar-refractivity contribution in [1.82, 2.24) is 44.3 Å². The molecule has 2 aromatic carbocycles. The fourth-order valence-electron chi connectivity index (χ4n) is 11.2. The first-order chi connectivity index (χ1) is 34.1. The predicted octanol–water partition coefficient (Wildman–Crippen LogP) is 8.33. The number of aromatic nitrogens is 7. The lowest BCUT2D eigenvalue weighted by Gasteiger charge is -2.33. The summed E-state index contributed by atoms with van der Waals surface area (Å²) in [5.41, 5.74) is -0.379. The Morgan fingerprint density at radius 2 is 1.62 bits per heavy atom. The molecule has 5 aliphatic rings. The first kappa shape index (κ1) is 48.6. The molecule has 5 atom stereocenters. The molecule has 4 fully saturated rings. The van der Waals surface area contributed by atoms with Crippen LogP contribution in [0.15, 0.2) is 41.2 Å². The molecule has 382 valence electrons. The number of hydrogen-bond acceptors (Lipinski definition) is 9. The number of benzene rings is 2. The number of nitrogens with one attached hydrogen (secondary N) is 2. The van der Waals surface area contributed by atoms with Crippen LogP contribution in [0.2, 0.25) is 5.02 Å². The number of carbonyl (C=O) groups excluding carboxylic acids is 1. The summed E-state index contributed by atoms with van der Waals surface area (Å²) in [6.45, 7) is 0.928. The Morgan fingerprint density at radius 3 is 2.31 bits per heavy atom. The van der Waals surface area contributed by atoms with Crippen molar-refractivity contribution < 1.29 is 43.9 Å². The van der Waals surface area contributed by atoms with Gasteiger partial charge in [0.25, 0.3) is 5.56 Å². The lowest BCUT2D eigenvalue weighted by Crippen LogP contribution is -2.43. The number of alkyl halides is 5. The third-order valence-corrected chi connectivity index (χ3v) is 15.7. The smallest absolute Gasteiger partial charge is 0.268 e. The van der Waals surface area contributed by atoms with Crippen LogP contribution in [0, 0.1) is 24.5 Å². The molecule has 11 rings (SSSR count). The van der Waals surface area contributed by atoms with Crippen LogP contribution < -0.4 is 15.6 Å². The average molecular weight is 1040 g/mol. The zero-order valence-corrected chi connectivity index (χ0v) is 40.7. The Kier molecular flexibility index (Phi) is 12.0.